The number of rotatable bonds is 20. The summed E-state index contributed by atoms with van der Waals surface area (Å²) in [4.78, 5) is 172. The number of hydrogen-bond donors (Lipinski definition) is 5. The number of aromatic nitrogens is 10. The first kappa shape index (κ1) is 82.2. The number of hydrogen-bond acceptors (Lipinski definition) is 20. The third-order valence-electron chi connectivity index (χ3n) is 18.7. The fourth-order valence-electron chi connectivity index (χ4n) is 13.1. The summed E-state index contributed by atoms with van der Waals surface area (Å²) < 4.78 is 3.43. The Morgan fingerprint density at radius 2 is 0.789 bits per heavy atom. The molecule has 11 aromatic rings. The second kappa shape index (κ2) is 35.3. The summed E-state index contributed by atoms with van der Waals surface area (Å²) >= 11 is 17.7. The van der Waals surface area contributed by atoms with Gasteiger partial charge in [0.2, 0.25) is 17.7 Å². The lowest BCUT2D eigenvalue weighted by atomic mass is 9.84. The first-order chi connectivity index (χ1) is 54.2. The molecule has 11 heterocycles. The van der Waals surface area contributed by atoms with Gasteiger partial charge in [0.15, 0.2) is 12.1 Å². The summed E-state index contributed by atoms with van der Waals surface area (Å²) in [7, 11) is 0. The number of carbonyl (C=O) groups excluding carboxylic acids is 8. The number of amides is 6. The van der Waals surface area contributed by atoms with Crippen molar-refractivity contribution >= 4 is 127 Å². The molecule has 8 aromatic heterocycles. The van der Waals surface area contributed by atoms with Gasteiger partial charge in [-0.3, -0.25) is 66.4 Å². The van der Waals surface area contributed by atoms with Gasteiger partial charge in [0.25, 0.3) is 34.4 Å². The number of likely N-dealkylation sites (tertiary alicyclic amines) is 3. The average Bonchev–Trinajstić information content (AvgIpc) is 0.768. The van der Waals surface area contributed by atoms with Crippen LogP contribution in [0.5, 0.6) is 0 Å². The highest BCUT2D eigenvalue weighted by molar-refractivity contribution is 6.31. The fraction of sp³-hybridized carbons (Fsp3) is 0.272. The van der Waals surface area contributed by atoms with Gasteiger partial charge in [0.05, 0.1) is 17.7 Å². The highest BCUT2D eigenvalue weighted by Crippen LogP contribution is 2.32. The highest BCUT2D eigenvalue weighted by Gasteiger charge is 2.40. The normalized spacial score (nSPS) is 14.0. The molecule has 3 fully saturated rings. The summed E-state index contributed by atoms with van der Waals surface area (Å²) in [5, 5.41) is 35.0. The van der Waals surface area contributed by atoms with Gasteiger partial charge in [-0.1, -0.05) is 113 Å². The van der Waals surface area contributed by atoms with E-state index in [0.29, 0.717) is 82.9 Å². The lowest BCUT2D eigenvalue weighted by molar-refractivity contribution is -0.142. The molecule has 6 amide bonds. The molecule has 0 unspecified atom stereocenters. The standard InChI is InChI=1S/C29H27ClN6O4.C24H23ClN4O5.C24H23ClN4O4.C4H5N3/c1-29(2)16-35(17-29)25(38)15-36-26-22(21(9-11-31-26)24(37)12-20-4-3-10-33-34-20)13-23(28(36)40)27(39)32-14-18-5-7-19(30)8-6-18;1-24(2)12-28(13-24)19(30)11-29-20-17(16(23(33)34)7-8-26-20)9-18(22(29)32)21(31)27-10-14-3-5-15(25)6-4-14;1-24(2)13-28(14-24)20(31)11-29-21-18(16(12-30)7-8-26-21)9-19(23(29)33)22(32)27-10-15-3-5-17(25)6-4-15;5-4-2-1-3-6-7-4/h3-11,13H,12,14-17H2,1-2H3,(H,32,39);3-9H,10-13H2,1-2H3,(H,27,31)(H,33,34);3-9,12H,10-11,13-14H2,1-2H3,(H,27,32);1-3H,(H2,5,7). The molecule has 3 aliphatic heterocycles. The van der Waals surface area contributed by atoms with Crippen molar-refractivity contribution in [3.63, 3.8) is 0 Å². The van der Waals surface area contributed by atoms with Gasteiger partial charge in [-0.15, -0.1) is 5.10 Å². The van der Waals surface area contributed by atoms with Crippen LogP contribution in [0.1, 0.15) is 126 Å². The first-order valence-corrected chi connectivity index (χ1v) is 36.9. The van der Waals surface area contributed by atoms with Gasteiger partial charge < -0.3 is 41.5 Å². The molecular weight excluding hydrogens is 1530 g/mol. The minimum Gasteiger partial charge on any atom is -0.478 e. The maximum atomic E-state index is 13.6. The number of carboxylic acids is 1. The zero-order valence-electron chi connectivity index (χ0n) is 62.7. The second-order valence-corrected chi connectivity index (χ2v) is 31.0. The van der Waals surface area contributed by atoms with Crippen LogP contribution >= 0.6 is 34.8 Å². The second-order valence-electron chi connectivity index (χ2n) is 29.7. The average molecular weight is 1600 g/mol. The number of carbonyl (C=O) groups is 9. The summed E-state index contributed by atoms with van der Waals surface area (Å²) in [5.41, 5.74) is 6.19. The Hall–Kier alpha value is -12.8. The molecule has 14 rings (SSSR count). The van der Waals surface area contributed by atoms with Gasteiger partial charge in [-0.05, 0) is 130 Å². The van der Waals surface area contributed by atoms with Gasteiger partial charge in [0.1, 0.15) is 59.1 Å². The quantitative estimate of drug-likeness (QED) is 0.0353. The molecule has 0 saturated carbocycles. The van der Waals surface area contributed by atoms with Crippen molar-refractivity contribution in [3.05, 3.63) is 266 Å². The Bertz CT molecular complexity index is 5730. The van der Waals surface area contributed by atoms with Crippen LogP contribution in [-0.4, -0.2) is 162 Å². The maximum absolute atomic E-state index is 13.6. The molecule has 0 aliphatic carbocycles. The van der Waals surface area contributed by atoms with Crippen molar-refractivity contribution in [2.75, 3.05) is 45.0 Å². The van der Waals surface area contributed by atoms with Crippen molar-refractivity contribution in [3.8, 4) is 0 Å². The van der Waals surface area contributed by atoms with Crippen LogP contribution in [0, 0.1) is 16.2 Å². The number of nitrogens with zero attached hydrogens (tertiary/aromatic N) is 13. The number of Topliss-reactive ketones (excluding diaryl/α,β-unsaturated/α-hetero) is 1. The molecule has 0 spiro atoms. The predicted octanol–water partition coefficient (Wildman–Crippen LogP) is 8.33. The first-order valence-electron chi connectivity index (χ1n) is 35.7. The largest absolute Gasteiger partial charge is 0.478 e. The van der Waals surface area contributed by atoms with E-state index in [1.54, 1.807) is 118 Å². The van der Waals surface area contributed by atoms with Crippen molar-refractivity contribution in [1.82, 2.24) is 79.7 Å². The number of pyridine rings is 6. The number of anilines is 1. The minimum atomic E-state index is -1.24. The van der Waals surface area contributed by atoms with Crippen LogP contribution in [0.4, 0.5) is 5.82 Å². The Balaban J connectivity index is 0.000000162. The summed E-state index contributed by atoms with van der Waals surface area (Å²) in [5.74, 6) is -3.80. The monoisotopic (exact) mass is 1600 g/mol. The predicted molar refractivity (Wildman–Crippen MR) is 426 cm³/mol. The molecule has 586 valence electrons. The molecule has 30 nitrogen and oxygen atoms in total. The third-order valence-corrected chi connectivity index (χ3v) is 19.5. The zero-order chi connectivity index (χ0) is 81.9. The number of ketones is 1. The Labute approximate surface area is 666 Å². The molecule has 0 radical (unpaired) electrons. The van der Waals surface area contributed by atoms with E-state index in [0.717, 1.165) is 21.3 Å². The Morgan fingerprint density at radius 3 is 1.11 bits per heavy atom. The number of nitrogens with two attached hydrogens (primary N) is 1. The smallest absolute Gasteiger partial charge is 0.336 e. The van der Waals surface area contributed by atoms with E-state index in [1.165, 1.54) is 70.3 Å². The van der Waals surface area contributed by atoms with Crippen LogP contribution in [0.25, 0.3) is 33.1 Å². The van der Waals surface area contributed by atoms with E-state index in [1.807, 2.05) is 13.8 Å². The Morgan fingerprint density at radius 1 is 0.447 bits per heavy atom. The fourth-order valence-corrected chi connectivity index (χ4v) is 13.5. The molecule has 3 aromatic carbocycles. The molecule has 114 heavy (non-hydrogen) atoms. The summed E-state index contributed by atoms with van der Waals surface area (Å²) in [6.07, 6.45) is 7.77. The molecular formula is C81H78Cl3N17O13. The van der Waals surface area contributed by atoms with Gasteiger partial charge in [-0.2, -0.15) is 15.3 Å². The molecule has 3 aliphatic rings. The number of nitrogens with one attached hydrogen (secondary N) is 3. The van der Waals surface area contributed by atoms with E-state index >= 15 is 0 Å². The number of aldehydes is 1. The lowest BCUT2D eigenvalue weighted by Gasteiger charge is -2.45. The van der Waals surface area contributed by atoms with Gasteiger partial charge in [-0.25, -0.2) is 19.7 Å². The number of nitrogen functional groups attached to an aromatic ring is 1. The van der Waals surface area contributed by atoms with Gasteiger partial charge >= 0.3 is 5.97 Å². The number of halogens is 3. The van der Waals surface area contributed by atoms with Crippen molar-refractivity contribution < 1.29 is 48.3 Å². The number of benzene rings is 3. The van der Waals surface area contributed by atoms with E-state index in [4.69, 9.17) is 40.5 Å². The van der Waals surface area contributed by atoms with Crippen LogP contribution < -0.4 is 38.4 Å². The Kier molecular flexibility index (Phi) is 25.4. The van der Waals surface area contributed by atoms with Crippen LogP contribution in [0.15, 0.2) is 179 Å². The van der Waals surface area contributed by atoms with E-state index in [2.05, 4.69) is 79.0 Å². The SMILES string of the molecule is CC1(C)CN(C(=O)Cn2c(=O)c(C(=O)NCc3ccc(Cl)cc3)cc3c(C(=O)Cc4cccnn4)ccnc32)C1.CC1(C)CN(C(=O)Cn2c(=O)c(C(=O)NCc3ccc(Cl)cc3)cc3c(C(=O)O)ccnc32)C1.CC1(C)CN(C(=O)Cn2c(=O)c(C(=O)NCc3ccc(Cl)cc3)cc3c(C=O)ccnc32)C1.Nc1cccnn1. The maximum Gasteiger partial charge on any atom is 0.336 e. The molecule has 0 bridgehead atoms. The van der Waals surface area contributed by atoms with Gasteiger partial charge in [0, 0.05) is 132 Å². The topological polar surface area (TPSA) is 402 Å². The van der Waals surface area contributed by atoms with E-state index in [9.17, 15) is 62.6 Å². The molecule has 3 saturated heterocycles. The summed E-state index contributed by atoms with van der Waals surface area (Å²) in [6, 6.07) is 35.8. The number of carboxylic acid groups (broad SMARTS) is 1. The lowest BCUT2D eigenvalue weighted by Crippen LogP contribution is -2.56. The number of fused-ring (bicyclic) bond motifs is 3. The van der Waals surface area contributed by atoms with Crippen LogP contribution in [0.3, 0.4) is 0 Å². The van der Waals surface area contributed by atoms with Crippen molar-refractivity contribution in [1.29, 1.82) is 0 Å². The minimum absolute atomic E-state index is 0.000810. The molecule has 0 atom stereocenters. The highest BCUT2D eigenvalue weighted by atomic mass is 35.5. The molecule has 6 N–H and O–H groups in total. The number of aromatic carboxylic acids is 1. The van der Waals surface area contributed by atoms with Crippen LogP contribution in [0.2, 0.25) is 15.1 Å². The van der Waals surface area contributed by atoms with Crippen molar-refractivity contribution in [2.45, 2.75) is 87.2 Å². The third kappa shape index (κ3) is 20.1. The van der Waals surface area contributed by atoms with Crippen LogP contribution in [-0.2, 0) is 60.1 Å². The molecule has 33 heteroatoms. The van der Waals surface area contributed by atoms with E-state index in [-0.39, 0.29) is 141 Å². The van der Waals surface area contributed by atoms with E-state index < -0.39 is 40.4 Å². The summed E-state index contributed by atoms with van der Waals surface area (Å²) in [6.45, 7) is 15.3. The zero-order valence-corrected chi connectivity index (χ0v) is 65.0. The van der Waals surface area contributed by atoms with Crippen molar-refractivity contribution in [2.24, 2.45) is 16.2 Å².